The van der Waals surface area contributed by atoms with Crippen LogP contribution in [0.1, 0.15) is 62.6 Å². The Kier molecular flexibility index (Phi) is 6.78. The van der Waals surface area contributed by atoms with Gasteiger partial charge in [0.1, 0.15) is 24.0 Å². The summed E-state index contributed by atoms with van der Waals surface area (Å²) in [4.78, 5) is 27.4. The molecule has 0 bridgehead atoms. The maximum absolute atomic E-state index is 11.8. The van der Waals surface area contributed by atoms with E-state index in [0.717, 1.165) is 51.6 Å². The molecule has 0 unspecified atom stereocenters. The second-order valence-corrected chi connectivity index (χ2v) is 11.3. The average molecular weight is 551 g/mol. The van der Waals surface area contributed by atoms with E-state index in [-0.39, 0.29) is 6.04 Å². The normalized spacial score (nSPS) is 18.2. The van der Waals surface area contributed by atoms with Crippen molar-refractivity contribution in [3.8, 4) is 17.0 Å². The number of rotatable bonds is 6. The largest absolute Gasteiger partial charge is 0.471 e. The quantitative estimate of drug-likeness (QED) is 0.248. The molecule has 1 N–H and O–H groups in total. The first kappa shape index (κ1) is 25.6. The van der Waals surface area contributed by atoms with Crippen LogP contribution in [0.4, 0.5) is 4.79 Å². The van der Waals surface area contributed by atoms with Gasteiger partial charge in [-0.2, -0.15) is 4.98 Å². The third kappa shape index (κ3) is 4.90. The fourth-order valence-electron chi connectivity index (χ4n) is 6.59. The Hall–Kier alpha value is -4.40. The predicted molar refractivity (Wildman–Crippen MR) is 157 cm³/mol. The summed E-state index contributed by atoms with van der Waals surface area (Å²) in [5.41, 5.74) is 6.76. The Balaban J connectivity index is 1.31. The van der Waals surface area contributed by atoms with Crippen molar-refractivity contribution in [2.75, 3.05) is 13.1 Å². The Bertz CT molecular complexity index is 1690. The summed E-state index contributed by atoms with van der Waals surface area (Å²) in [7, 11) is 0. The van der Waals surface area contributed by atoms with Crippen LogP contribution in [0.15, 0.2) is 67.4 Å². The molecule has 210 valence electrons. The molecule has 1 saturated carbocycles. The van der Waals surface area contributed by atoms with E-state index in [1.165, 1.54) is 37.0 Å². The Morgan fingerprint density at radius 1 is 0.927 bits per heavy atom. The van der Waals surface area contributed by atoms with Gasteiger partial charge in [0.2, 0.25) is 5.88 Å². The highest BCUT2D eigenvalue weighted by Gasteiger charge is 2.28. The molecule has 1 saturated heterocycles. The zero-order valence-corrected chi connectivity index (χ0v) is 23.0. The fourth-order valence-corrected chi connectivity index (χ4v) is 6.59. The van der Waals surface area contributed by atoms with Gasteiger partial charge >= 0.3 is 6.09 Å². The molecule has 2 aliphatic rings. The van der Waals surface area contributed by atoms with Crippen molar-refractivity contribution in [3.63, 3.8) is 0 Å². The molecule has 1 aliphatic carbocycles. The number of imidazole rings is 1. The molecule has 4 heterocycles. The number of benzene rings is 2. The van der Waals surface area contributed by atoms with Crippen molar-refractivity contribution in [1.29, 1.82) is 0 Å². The van der Waals surface area contributed by atoms with E-state index in [0.29, 0.717) is 31.6 Å². The third-order valence-corrected chi connectivity index (χ3v) is 8.70. The number of fused-ring (bicyclic) bond motifs is 2. The van der Waals surface area contributed by atoms with Crippen molar-refractivity contribution >= 4 is 28.2 Å². The number of carboxylic acid groups (broad SMARTS) is 1. The highest BCUT2D eigenvalue weighted by Crippen LogP contribution is 2.39. The van der Waals surface area contributed by atoms with Crippen LogP contribution in [0.5, 0.6) is 5.88 Å². The molecule has 41 heavy (non-hydrogen) atoms. The first-order valence-corrected chi connectivity index (χ1v) is 14.6. The van der Waals surface area contributed by atoms with E-state index in [1.54, 1.807) is 6.33 Å². The highest BCUT2D eigenvalue weighted by atomic mass is 16.5. The van der Waals surface area contributed by atoms with E-state index < -0.39 is 6.09 Å². The Morgan fingerprint density at radius 2 is 1.76 bits per heavy atom. The summed E-state index contributed by atoms with van der Waals surface area (Å²) < 4.78 is 10.8. The lowest BCUT2D eigenvalue weighted by atomic mass is 9.95. The summed E-state index contributed by atoms with van der Waals surface area (Å²) in [6, 6.07) is 17.0. The SMILES string of the molecule is O=C(O)N1CCC[C@@H](n2cc(-c3ccc4c(c3)ncn4C3CCCCC3)c3ncnc(OCc4ccccc4)c32)C1. The summed E-state index contributed by atoms with van der Waals surface area (Å²) in [6.07, 6.45) is 12.7. The summed E-state index contributed by atoms with van der Waals surface area (Å²) >= 11 is 0. The lowest BCUT2D eigenvalue weighted by Crippen LogP contribution is -2.39. The van der Waals surface area contributed by atoms with Crippen LogP contribution >= 0.6 is 0 Å². The number of hydrogen-bond donors (Lipinski definition) is 1. The molecule has 3 aromatic heterocycles. The molecule has 1 aliphatic heterocycles. The molecule has 9 heteroatoms. The Morgan fingerprint density at radius 3 is 2.59 bits per heavy atom. The van der Waals surface area contributed by atoms with Crippen molar-refractivity contribution < 1.29 is 14.6 Å². The molecule has 1 amide bonds. The van der Waals surface area contributed by atoms with Gasteiger partial charge in [-0.05, 0) is 48.9 Å². The summed E-state index contributed by atoms with van der Waals surface area (Å²) in [6.45, 7) is 1.34. The van der Waals surface area contributed by atoms with Crippen molar-refractivity contribution in [3.05, 3.63) is 72.9 Å². The summed E-state index contributed by atoms with van der Waals surface area (Å²) in [5, 5.41) is 9.72. The van der Waals surface area contributed by atoms with Crippen molar-refractivity contribution in [1.82, 2.24) is 29.0 Å². The topological polar surface area (TPSA) is 98.3 Å². The zero-order chi connectivity index (χ0) is 27.8. The van der Waals surface area contributed by atoms with E-state index >= 15 is 0 Å². The van der Waals surface area contributed by atoms with Crippen LogP contribution in [-0.4, -0.2) is 53.3 Å². The maximum Gasteiger partial charge on any atom is 0.407 e. The number of ether oxygens (including phenoxy) is 1. The van der Waals surface area contributed by atoms with Gasteiger partial charge < -0.3 is 23.9 Å². The van der Waals surface area contributed by atoms with Crippen LogP contribution in [0.3, 0.4) is 0 Å². The molecule has 9 nitrogen and oxygen atoms in total. The molecule has 5 aromatic rings. The molecule has 0 spiro atoms. The first-order valence-electron chi connectivity index (χ1n) is 14.6. The van der Waals surface area contributed by atoms with Crippen LogP contribution < -0.4 is 4.74 Å². The average Bonchev–Trinajstić information content (AvgIpc) is 3.63. The highest BCUT2D eigenvalue weighted by molar-refractivity contribution is 5.97. The minimum Gasteiger partial charge on any atom is -0.471 e. The second kappa shape index (κ2) is 10.9. The molecule has 2 aromatic carbocycles. The third-order valence-electron chi connectivity index (χ3n) is 8.70. The van der Waals surface area contributed by atoms with Gasteiger partial charge in [-0.1, -0.05) is 55.7 Å². The van der Waals surface area contributed by atoms with Gasteiger partial charge in [0.05, 0.1) is 23.4 Å². The van der Waals surface area contributed by atoms with Crippen LogP contribution in [0.2, 0.25) is 0 Å². The maximum atomic E-state index is 11.8. The van der Waals surface area contributed by atoms with Crippen molar-refractivity contribution in [2.45, 2.75) is 63.6 Å². The smallest absolute Gasteiger partial charge is 0.407 e. The van der Waals surface area contributed by atoms with Gasteiger partial charge in [-0.25, -0.2) is 14.8 Å². The second-order valence-electron chi connectivity index (χ2n) is 11.3. The van der Waals surface area contributed by atoms with Gasteiger partial charge in [0.25, 0.3) is 0 Å². The van der Waals surface area contributed by atoms with Gasteiger partial charge in [-0.3, -0.25) is 0 Å². The number of carbonyl (C=O) groups is 1. The van der Waals surface area contributed by atoms with Crippen LogP contribution in [-0.2, 0) is 6.61 Å². The molecule has 2 fully saturated rings. The standard InChI is InChI=1S/C32H34N6O3/c39-32(40)36-15-7-12-25(17-36)37-18-26(29-30(37)31(34-20-33-29)41-19-22-8-3-1-4-9-22)23-13-14-28-27(16-23)35-21-38(28)24-10-5-2-6-11-24/h1,3-4,8-9,13-14,16,18,20-21,24-25H,2,5-7,10-12,15,17,19H2,(H,39,40)/t25-/m1/s1. The van der Waals surface area contributed by atoms with Gasteiger partial charge in [-0.15, -0.1) is 0 Å². The minimum absolute atomic E-state index is 0.0459. The number of piperidine rings is 1. The van der Waals surface area contributed by atoms with Crippen molar-refractivity contribution in [2.24, 2.45) is 0 Å². The number of nitrogens with zero attached hydrogens (tertiary/aromatic N) is 6. The fraction of sp³-hybridized carbons (Fsp3) is 0.375. The monoisotopic (exact) mass is 550 g/mol. The predicted octanol–water partition coefficient (Wildman–Crippen LogP) is 6.85. The molecular formula is C32H34N6O3. The van der Waals surface area contributed by atoms with E-state index in [1.807, 2.05) is 36.7 Å². The van der Waals surface area contributed by atoms with Gasteiger partial charge in [0, 0.05) is 30.9 Å². The number of hydrogen-bond acceptors (Lipinski definition) is 5. The summed E-state index contributed by atoms with van der Waals surface area (Å²) in [5.74, 6) is 0.500. The van der Waals surface area contributed by atoms with E-state index in [2.05, 4.69) is 38.5 Å². The van der Waals surface area contributed by atoms with Crippen LogP contribution in [0.25, 0.3) is 33.2 Å². The molecular weight excluding hydrogens is 516 g/mol. The van der Waals surface area contributed by atoms with Gasteiger partial charge in [0.15, 0.2) is 0 Å². The zero-order valence-electron chi connectivity index (χ0n) is 23.0. The number of likely N-dealkylation sites (tertiary alicyclic amines) is 1. The molecule has 0 radical (unpaired) electrons. The lowest BCUT2D eigenvalue weighted by molar-refractivity contribution is 0.122. The van der Waals surface area contributed by atoms with Crippen LogP contribution in [0, 0.1) is 0 Å². The van der Waals surface area contributed by atoms with E-state index in [9.17, 15) is 9.90 Å². The van der Waals surface area contributed by atoms with E-state index in [4.69, 9.17) is 14.7 Å². The first-order chi connectivity index (χ1) is 20.2. The Labute approximate surface area is 238 Å². The lowest BCUT2D eigenvalue weighted by Gasteiger charge is -2.32. The number of aromatic nitrogens is 5. The molecule has 7 rings (SSSR count). The molecule has 1 atom stereocenters. The number of amides is 1. The minimum atomic E-state index is -0.887.